The minimum atomic E-state index is 0.215. The van der Waals surface area contributed by atoms with Crippen molar-refractivity contribution < 1.29 is 9.47 Å². The normalized spacial score (nSPS) is 18.7. The van der Waals surface area contributed by atoms with Gasteiger partial charge in [-0.2, -0.15) is 0 Å². The molecule has 1 aromatic heterocycles. The Labute approximate surface area is 121 Å². The van der Waals surface area contributed by atoms with Crippen LogP contribution in [0.15, 0.2) is 6.20 Å². The molecule has 2 rings (SSSR count). The molecule has 0 spiro atoms. The smallest absolute Gasteiger partial charge is 0.160 e. The lowest BCUT2D eigenvalue weighted by atomic mass is 10.2. The van der Waals surface area contributed by atoms with Gasteiger partial charge in [0.25, 0.3) is 0 Å². The Morgan fingerprint density at radius 1 is 1.50 bits per heavy atom. The average Bonchev–Trinajstić information content (AvgIpc) is 2.96. The maximum atomic E-state index is 5.86. The molecule has 0 aromatic carbocycles. The van der Waals surface area contributed by atoms with Gasteiger partial charge in [0.2, 0.25) is 0 Å². The molecule has 1 N–H and O–H groups in total. The molecule has 2 heterocycles. The zero-order valence-corrected chi connectivity index (χ0v) is 12.7. The summed E-state index contributed by atoms with van der Waals surface area (Å²) in [6, 6.07) is 0. The Kier molecular flexibility index (Phi) is 5.73. The Morgan fingerprint density at radius 2 is 2.35 bits per heavy atom. The number of ether oxygens (including phenoxy) is 2. The van der Waals surface area contributed by atoms with E-state index in [1.54, 1.807) is 6.20 Å². The Hall–Kier alpha value is -1.20. The average molecular weight is 279 g/mol. The molecule has 1 saturated heterocycles. The maximum Gasteiger partial charge on any atom is 0.160 e. The summed E-state index contributed by atoms with van der Waals surface area (Å²) in [6.45, 7) is 9.33. The molecule has 5 nitrogen and oxygen atoms in total. The SMILES string of the molecule is CCNCc1nc(C(C)C)ncc1OCC1CCCO1. The second kappa shape index (κ2) is 7.55. The van der Waals surface area contributed by atoms with Gasteiger partial charge in [0.15, 0.2) is 5.75 Å². The number of hydrogen-bond acceptors (Lipinski definition) is 5. The Balaban J connectivity index is 2.04. The van der Waals surface area contributed by atoms with Gasteiger partial charge in [-0.25, -0.2) is 9.97 Å². The van der Waals surface area contributed by atoms with Crippen LogP contribution in [-0.4, -0.2) is 35.8 Å². The van der Waals surface area contributed by atoms with Crippen LogP contribution in [0.3, 0.4) is 0 Å². The van der Waals surface area contributed by atoms with Crippen molar-refractivity contribution in [1.82, 2.24) is 15.3 Å². The Bertz CT molecular complexity index is 418. The van der Waals surface area contributed by atoms with E-state index in [4.69, 9.17) is 9.47 Å². The lowest BCUT2D eigenvalue weighted by molar-refractivity contribution is 0.0672. The van der Waals surface area contributed by atoms with Crippen LogP contribution in [0.2, 0.25) is 0 Å². The summed E-state index contributed by atoms with van der Waals surface area (Å²) in [5.41, 5.74) is 0.934. The summed E-state index contributed by atoms with van der Waals surface area (Å²) < 4.78 is 11.4. The zero-order chi connectivity index (χ0) is 14.4. The molecule has 1 fully saturated rings. The molecule has 1 atom stereocenters. The fourth-order valence-corrected chi connectivity index (χ4v) is 2.15. The van der Waals surface area contributed by atoms with E-state index in [2.05, 4.69) is 36.1 Å². The van der Waals surface area contributed by atoms with Crippen LogP contribution in [-0.2, 0) is 11.3 Å². The molecule has 1 aliphatic rings. The molecule has 1 aliphatic heterocycles. The van der Waals surface area contributed by atoms with Crippen molar-refractivity contribution in [2.24, 2.45) is 0 Å². The van der Waals surface area contributed by atoms with E-state index in [0.717, 1.165) is 43.3 Å². The molecule has 0 saturated carbocycles. The lowest BCUT2D eigenvalue weighted by Gasteiger charge is -2.15. The lowest BCUT2D eigenvalue weighted by Crippen LogP contribution is -2.20. The molecule has 1 aromatic rings. The van der Waals surface area contributed by atoms with Crippen LogP contribution >= 0.6 is 0 Å². The van der Waals surface area contributed by atoms with E-state index < -0.39 is 0 Å². The van der Waals surface area contributed by atoms with Crippen LogP contribution in [0.5, 0.6) is 5.75 Å². The number of nitrogens with zero attached hydrogens (tertiary/aromatic N) is 2. The fraction of sp³-hybridized carbons (Fsp3) is 0.733. The van der Waals surface area contributed by atoms with Crippen molar-refractivity contribution >= 4 is 0 Å². The van der Waals surface area contributed by atoms with E-state index in [1.165, 1.54) is 0 Å². The molecule has 1 unspecified atom stereocenters. The first-order valence-corrected chi connectivity index (χ1v) is 7.51. The predicted octanol–water partition coefficient (Wildman–Crippen LogP) is 2.27. The molecule has 5 heteroatoms. The summed E-state index contributed by atoms with van der Waals surface area (Å²) in [5.74, 6) is 1.95. The highest BCUT2D eigenvalue weighted by Crippen LogP contribution is 2.20. The molecule has 112 valence electrons. The van der Waals surface area contributed by atoms with Gasteiger partial charge in [0.05, 0.1) is 18.0 Å². The first-order valence-electron chi connectivity index (χ1n) is 7.51. The summed E-state index contributed by atoms with van der Waals surface area (Å²) in [4.78, 5) is 9.00. The highest BCUT2D eigenvalue weighted by molar-refractivity contribution is 5.25. The number of aromatic nitrogens is 2. The largest absolute Gasteiger partial charge is 0.487 e. The Morgan fingerprint density at radius 3 is 3.00 bits per heavy atom. The van der Waals surface area contributed by atoms with E-state index in [1.807, 2.05) is 0 Å². The third-order valence-corrected chi connectivity index (χ3v) is 3.36. The summed E-state index contributed by atoms with van der Waals surface area (Å²) in [7, 11) is 0. The van der Waals surface area contributed by atoms with Crippen molar-refractivity contribution in [2.75, 3.05) is 19.8 Å². The van der Waals surface area contributed by atoms with E-state index in [9.17, 15) is 0 Å². The third kappa shape index (κ3) is 4.15. The van der Waals surface area contributed by atoms with Crippen LogP contribution in [0, 0.1) is 0 Å². The predicted molar refractivity (Wildman–Crippen MR) is 78.0 cm³/mol. The van der Waals surface area contributed by atoms with Crippen molar-refractivity contribution in [3.05, 3.63) is 17.7 Å². The highest BCUT2D eigenvalue weighted by Gasteiger charge is 2.17. The first kappa shape index (κ1) is 15.2. The van der Waals surface area contributed by atoms with Gasteiger partial charge < -0.3 is 14.8 Å². The molecular weight excluding hydrogens is 254 g/mol. The van der Waals surface area contributed by atoms with Gasteiger partial charge in [-0.3, -0.25) is 0 Å². The monoisotopic (exact) mass is 279 g/mol. The summed E-state index contributed by atoms with van der Waals surface area (Å²) in [6.07, 6.45) is 4.21. The van der Waals surface area contributed by atoms with E-state index in [0.29, 0.717) is 19.1 Å². The van der Waals surface area contributed by atoms with Crippen molar-refractivity contribution in [1.29, 1.82) is 0 Å². The molecule has 0 radical (unpaired) electrons. The minimum Gasteiger partial charge on any atom is -0.487 e. The molecule has 0 aliphatic carbocycles. The number of hydrogen-bond donors (Lipinski definition) is 1. The van der Waals surface area contributed by atoms with Crippen LogP contribution in [0.4, 0.5) is 0 Å². The van der Waals surface area contributed by atoms with Gasteiger partial charge in [-0.15, -0.1) is 0 Å². The zero-order valence-electron chi connectivity index (χ0n) is 12.7. The van der Waals surface area contributed by atoms with Gasteiger partial charge in [-0.1, -0.05) is 20.8 Å². The maximum absolute atomic E-state index is 5.86. The van der Waals surface area contributed by atoms with Gasteiger partial charge in [-0.05, 0) is 19.4 Å². The molecule has 0 bridgehead atoms. The van der Waals surface area contributed by atoms with Crippen LogP contribution in [0.25, 0.3) is 0 Å². The topological polar surface area (TPSA) is 56.3 Å². The summed E-state index contributed by atoms with van der Waals surface area (Å²) >= 11 is 0. The van der Waals surface area contributed by atoms with E-state index in [-0.39, 0.29) is 6.10 Å². The molecule has 0 amide bonds. The number of rotatable bonds is 7. The minimum absolute atomic E-state index is 0.215. The standard InChI is InChI=1S/C15H25N3O2/c1-4-16-8-13-14(9-17-15(18-13)11(2)3)20-10-12-6-5-7-19-12/h9,11-12,16H,4-8,10H2,1-3H3. The second-order valence-electron chi connectivity index (χ2n) is 5.42. The first-order chi connectivity index (χ1) is 9.70. The van der Waals surface area contributed by atoms with Gasteiger partial charge >= 0.3 is 0 Å². The van der Waals surface area contributed by atoms with Crippen molar-refractivity contribution in [3.63, 3.8) is 0 Å². The highest BCUT2D eigenvalue weighted by atomic mass is 16.5. The van der Waals surface area contributed by atoms with E-state index >= 15 is 0 Å². The second-order valence-corrected chi connectivity index (χ2v) is 5.42. The van der Waals surface area contributed by atoms with Gasteiger partial charge in [0.1, 0.15) is 12.4 Å². The fourth-order valence-electron chi connectivity index (χ4n) is 2.15. The quantitative estimate of drug-likeness (QED) is 0.829. The van der Waals surface area contributed by atoms with Crippen LogP contribution in [0.1, 0.15) is 51.0 Å². The third-order valence-electron chi connectivity index (χ3n) is 3.36. The van der Waals surface area contributed by atoms with Gasteiger partial charge in [0, 0.05) is 19.1 Å². The summed E-state index contributed by atoms with van der Waals surface area (Å²) in [5, 5.41) is 3.30. The number of nitrogens with one attached hydrogen (secondary N) is 1. The van der Waals surface area contributed by atoms with Crippen molar-refractivity contribution in [3.8, 4) is 5.75 Å². The molecule has 20 heavy (non-hydrogen) atoms. The van der Waals surface area contributed by atoms with Crippen LogP contribution < -0.4 is 10.1 Å². The molecular formula is C15H25N3O2. The van der Waals surface area contributed by atoms with Crippen molar-refractivity contribution in [2.45, 2.75) is 52.2 Å².